The van der Waals surface area contributed by atoms with Gasteiger partial charge in [-0.2, -0.15) is 5.26 Å². The van der Waals surface area contributed by atoms with E-state index in [1.807, 2.05) is 17.0 Å². The molecule has 6 nitrogen and oxygen atoms in total. The second-order valence-corrected chi connectivity index (χ2v) is 8.39. The second-order valence-electron chi connectivity index (χ2n) is 8.39. The molecule has 28 heavy (non-hydrogen) atoms. The Morgan fingerprint density at radius 3 is 2.39 bits per heavy atom. The Morgan fingerprint density at radius 2 is 1.86 bits per heavy atom. The molecule has 6 heteroatoms. The molecular weight excluding hydrogens is 350 g/mol. The van der Waals surface area contributed by atoms with Crippen LogP contribution in [0.2, 0.25) is 0 Å². The van der Waals surface area contributed by atoms with Crippen molar-refractivity contribution in [2.75, 3.05) is 24.5 Å². The lowest BCUT2D eigenvalue weighted by atomic mass is 9.86. The van der Waals surface area contributed by atoms with Crippen LogP contribution >= 0.6 is 0 Å². The molecule has 1 aliphatic heterocycles. The number of hydrogen-bond acceptors (Lipinski definition) is 5. The highest BCUT2D eigenvalue weighted by Gasteiger charge is 2.27. The van der Waals surface area contributed by atoms with Crippen molar-refractivity contribution in [2.45, 2.75) is 45.6 Å². The molecule has 146 valence electrons. The Balaban J connectivity index is 1.60. The molecule has 1 atom stereocenters. The van der Waals surface area contributed by atoms with E-state index in [1.54, 1.807) is 6.07 Å². The molecule has 1 amide bonds. The number of benzene rings is 1. The zero-order valence-corrected chi connectivity index (χ0v) is 17.0. The molecule has 1 aromatic carbocycles. The van der Waals surface area contributed by atoms with E-state index >= 15 is 0 Å². The van der Waals surface area contributed by atoms with Crippen LogP contribution in [0.3, 0.4) is 0 Å². The summed E-state index contributed by atoms with van der Waals surface area (Å²) in [4.78, 5) is 16.8. The van der Waals surface area contributed by atoms with E-state index in [0.717, 1.165) is 11.4 Å². The van der Waals surface area contributed by atoms with Gasteiger partial charge in [-0.15, -0.1) is 10.2 Å². The Kier molecular flexibility index (Phi) is 5.64. The molecule has 1 aromatic heterocycles. The van der Waals surface area contributed by atoms with Gasteiger partial charge in [-0.25, -0.2) is 0 Å². The highest BCUT2D eigenvalue weighted by Crippen LogP contribution is 2.23. The fourth-order valence-electron chi connectivity index (χ4n) is 3.47. The lowest BCUT2D eigenvalue weighted by molar-refractivity contribution is -0.131. The largest absolute Gasteiger partial charge is 0.349 e. The molecule has 2 aromatic rings. The number of aromatic nitrogens is 2. The highest BCUT2D eigenvalue weighted by molar-refractivity contribution is 5.79. The number of piperazine rings is 1. The highest BCUT2D eigenvalue weighted by atomic mass is 16.2. The van der Waals surface area contributed by atoms with Gasteiger partial charge in [-0.05, 0) is 35.6 Å². The summed E-state index contributed by atoms with van der Waals surface area (Å²) in [5, 5.41) is 16.9. The van der Waals surface area contributed by atoms with Crippen molar-refractivity contribution >= 4 is 11.7 Å². The summed E-state index contributed by atoms with van der Waals surface area (Å²) in [5.74, 6) is 0.900. The van der Waals surface area contributed by atoms with Gasteiger partial charge in [-0.1, -0.05) is 45.0 Å². The summed E-state index contributed by atoms with van der Waals surface area (Å²) in [6, 6.07) is 14.0. The number of nitrogens with zero attached hydrogens (tertiary/aromatic N) is 5. The van der Waals surface area contributed by atoms with Gasteiger partial charge in [0.05, 0.1) is 6.42 Å². The van der Waals surface area contributed by atoms with Crippen LogP contribution in [0.5, 0.6) is 0 Å². The van der Waals surface area contributed by atoms with Crippen molar-refractivity contribution in [3.8, 4) is 6.07 Å². The van der Waals surface area contributed by atoms with Gasteiger partial charge in [-0.3, -0.25) is 4.79 Å². The van der Waals surface area contributed by atoms with Crippen molar-refractivity contribution < 1.29 is 4.79 Å². The Morgan fingerprint density at radius 1 is 1.14 bits per heavy atom. The summed E-state index contributed by atoms with van der Waals surface area (Å²) in [6.07, 6.45) is 0.424. The van der Waals surface area contributed by atoms with Gasteiger partial charge in [0.25, 0.3) is 0 Å². The minimum atomic E-state index is 0.114. The molecule has 1 saturated heterocycles. The van der Waals surface area contributed by atoms with Gasteiger partial charge < -0.3 is 9.80 Å². The van der Waals surface area contributed by atoms with Crippen molar-refractivity contribution in [1.29, 1.82) is 5.26 Å². The Hall–Kier alpha value is -2.94. The van der Waals surface area contributed by atoms with E-state index in [1.165, 1.54) is 5.56 Å². The SMILES string of the molecule is C[C@@H]1CN(C(=O)Cc2ccc(C(C)(C)C)cc2)CCN1c1ccc(C#N)nn1. The maximum absolute atomic E-state index is 12.8. The molecular formula is C22H27N5O. The van der Waals surface area contributed by atoms with Crippen LogP contribution in [-0.4, -0.2) is 46.7 Å². The van der Waals surface area contributed by atoms with E-state index in [9.17, 15) is 4.79 Å². The Bertz CT molecular complexity index is 862. The minimum Gasteiger partial charge on any atom is -0.349 e. The first kappa shape index (κ1) is 19.8. The van der Waals surface area contributed by atoms with Crippen LogP contribution in [-0.2, 0) is 16.6 Å². The summed E-state index contributed by atoms with van der Waals surface area (Å²) < 4.78 is 0. The number of nitriles is 1. The number of rotatable bonds is 3. The molecule has 0 saturated carbocycles. The zero-order valence-electron chi connectivity index (χ0n) is 17.0. The van der Waals surface area contributed by atoms with Gasteiger partial charge in [0, 0.05) is 25.7 Å². The van der Waals surface area contributed by atoms with Crippen LogP contribution < -0.4 is 4.90 Å². The van der Waals surface area contributed by atoms with Gasteiger partial charge in [0.2, 0.25) is 5.91 Å². The average molecular weight is 377 g/mol. The first-order chi connectivity index (χ1) is 13.3. The molecule has 0 N–H and O–H groups in total. The van der Waals surface area contributed by atoms with Crippen LogP contribution in [0.4, 0.5) is 5.82 Å². The predicted octanol–water partition coefficient (Wildman–Crippen LogP) is 2.93. The smallest absolute Gasteiger partial charge is 0.227 e. The van der Waals surface area contributed by atoms with E-state index in [2.05, 4.69) is 67.1 Å². The lowest BCUT2D eigenvalue weighted by Gasteiger charge is -2.40. The fourth-order valence-corrected chi connectivity index (χ4v) is 3.47. The summed E-state index contributed by atoms with van der Waals surface area (Å²) >= 11 is 0. The monoisotopic (exact) mass is 377 g/mol. The van der Waals surface area contributed by atoms with E-state index in [0.29, 0.717) is 31.7 Å². The molecule has 0 aliphatic carbocycles. The minimum absolute atomic E-state index is 0.114. The maximum Gasteiger partial charge on any atom is 0.227 e. The molecule has 0 spiro atoms. The van der Waals surface area contributed by atoms with E-state index in [-0.39, 0.29) is 17.4 Å². The van der Waals surface area contributed by atoms with Crippen molar-refractivity contribution in [3.63, 3.8) is 0 Å². The number of carbonyl (C=O) groups excluding carboxylic acids is 1. The van der Waals surface area contributed by atoms with E-state index < -0.39 is 0 Å². The van der Waals surface area contributed by atoms with Crippen LogP contribution in [0, 0.1) is 11.3 Å². The van der Waals surface area contributed by atoms with Crippen LogP contribution in [0.15, 0.2) is 36.4 Å². The molecule has 3 rings (SSSR count). The second kappa shape index (κ2) is 7.97. The Labute approximate surface area is 166 Å². The topological polar surface area (TPSA) is 73.1 Å². The first-order valence-corrected chi connectivity index (χ1v) is 9.65. The average Bonchev–Trinajstić information content (AvgIpc) is 2.68. The zero-order chi connectivity index (χ0) is 20.3. The standard InChI is InChI=1S/C22H27N5O/c1-16-15-26(11-12-27(16)20-10-9-19(14-23)24-25-20)21(28)13-17-5-7-18(8-6-17)22(2,3)4/h5-10,16H,11-13,15H2,1-4H3/t16-/m1/s1. The third-order valence-electron chi connectivity index (χ3n) is 5.21. The fraction of sp³-hybridized carbons (Fsp3) is 0.455. The number of carbonyl (C=O) groups is 1. The molecule has 0 radical (unpaired) electrons. The van der Waals surface area contributed by atoms with Crippen molar-refractivity contribution in [2.24, 2.45) is 0 Å². The van der Waals surface area contributed by atoms with E-state index in [4.69, 9.17) is 5.26 Å². The third kappa shape index (κ3) is 4.48. The molecule has 2 heterocycles. The third-order valence-corrected chi connectivity index (χ3v) is 5.21. The molecule has 0 unspecified atom stereocenters. The van der Waals surface area contributed by atoms with Crippen molar-refractivity contribution in [1.82, 2.24) is 15.1 Å². The van der Waals surface area contributed by atoms with Crippen LogP contribution in [0.25, 0.3) is 0 Å². The summed E-state index contributed by atoms with van der Waals surface area (Å²) in [6.45, 7) is 10.7. The maximum atomic E-state index is 12.8. The molecule has 0 bridgehead atoms. The number of amides is 1. The van der Waals surface area contributed by atoms with Gasteiger partial charge >= 0.3 is 0 Å². The van der Waals surface area contributed by atoms with Crippen LogP contribution in [0.1, 0.15) is 44.5 Å². The summed E-state index contributed by atoms with van der Waals surface area (Å²) in [5.41, 5.74) is 2.74. The predicted molar refractivity (Wildman–Crippen MR) is 109 cm³/mol. The quantitative estimate of drug-likeness (QED) is 0.822. The normalized spacial score (nSPS) is 17.3. The van der Waals surface area contributed by atoms with Crippen molar-refractivity contribution in [3.05, 3.63) is 53.2 Å². The van der Waals surface area contributed by atoms with Gasteiger partial charge in [0.15, 0.2) is 11.5 Å². The lowest BCUT2D eigenvalue weighted by Crippen LogP contribution is -2.54. The number of hydrogen-bond donors (Lipinski definition) is 0. The first-order valence-electron chi connectivity index (χ1n) is 9.65. The summed E-state index contributed by atoms with van der Waals surface area (Å²) in [7, 11) is 0. The molecule has 1 aliphatic rings. The number of anilines is 1. The van der Waals surface area contributed by atoms with Gasteiger partial charge in [0.1, 0.15) is 6.07 Å². The molecule has 1 fully saturated rings.